The molecule has 0 bridgehead atoms. The SMILES string of the molecule is Cc1cc(CNCCCN(C)C)ccc1Br. The molecule has 0 heterocycles. The number of halogens is 1. The van der Waals surface area contributed by atoms with Gasteiger partial charge in [-0.15, -0.1) is 0 Å². The molecule has 0 aliphatic carbocycles. The maximum Gasteiger partial charge on any atom is 0.0205 e. The lowest BCUT2D eigenvalue weighted by Crippen LogP contribution is -2.21. The highest BCUT2D eigenvalue weighted by Crippen LogP contribution is 2.16. The van der Waals surface area contributed by atoms with E-state index in [1.54, 1.807) is 0 Å². The van der Waals surface area contributed by atoms with E-state index in [1.807, 2.05) is 0 Å². The summed E-state index contributed by atoms with van der Waals surface area (Å²) in [5.41, 5.74) is 2.65. The van der Waals surface area contributed by atoms with Crippen molar-refractivity contribution in [3.8, 4) is 0 Å². The van der Waals surface area contributed by atoms with Crippen LogP contribution in [0.15, 0.2) is 22.7 Å². The Kier molecular flexibility index (Phi) is 6.03. The van der Waals surface area contributed by atoms with Gasteiger partial charge >= 0.3 is 0 Å². The lowest BCUT2D eigenvalue weighted by molar-refractivity contribution is 0.394. The highest BCUT2D eigenvalue weighted by Gasteiger charge is 1.97. The molecule has 0 unspecified atom stereocenters. The Bertz CT molecular complexity index is 324. The summed E-state index contributed by atoms with van der Waals surface area (Å²) in [4.78, 5) is 2.21. The molecule has 0 saturated heterocycles. The summed E-state index contributed by atoms with van der Waals surface area (Å²) in [6.07, 6.45) is 1.20. The van der Waals surface area contributed by atoms with Crippen LogP contribution in [0.3, 0.4) is 0 Å². The topological polar surface area (TPSA) is 15.3 Å². The summed E-state index contributed by atoms with van der Waals surface area (Å²) >= 11 is 3.51. The van der Waals surface area contributed by atoms with E-state index in [1.165, 1.54) is 22.0 Å². The van der Waals surface area contributed by atoms with Gasteiger partial charge in [0.25, 0.3) is 0 Å². The van der Waals surface area contributed by atoms with Crippen molar-refractivity contribution in [3.63, 3.8) is 0 Å². The molecule has 0 amide bonds. The van der Waals surface area contributed by atoms with Gasteiger partial charge in [-0.1, -0.05) is 28.1 Å². The van der Waals surface area contributed by atoms with E-state index in [0.717, 1.165) is 19.6 Å². The zero-order valence-electron chi connectivity index (χ0n) is 10.4. The lowest BCUT2D eigenvalue weighted by Gasteiger charge is -2.10. The van der Waals surface area contributed by atoms with Crippen molar-refractivity contribution in [2.45, 2.75) is 19.9 Å². The van der Waals surface area contributed by atoms with Crippen molar-refractivity contribution in [2.75, 3.05) is 27.2 Å². The summed E-state index contributed by atoms with van der Waals surface area (Å²) in [5.74, 6) is 0. The van der Waals surface area contributed by atoms with Crippen LogP contribution in [0.4, 0.5) is 0 Å². The van der Waals surface area contributed by atoms with Crippen molar-refractivity contribution >= 4 is 15.9 Å². The molecule has 2 nitrogen and oxygen atoms in total. The molecule has 1 N–H and O–H groups in total. The van der Waals surface area contributed by atoms with Gasteiger partial charge in [0.05, 0.1) is 0 Å². The largest absolute Gasteiger partial charge is 0.313 e. The molecule has 0 aliphatic heterocycles. The van der Waals surface area contributed by atoms with Crippen LogP contribution in [0.25, 0.3) is 0 Å². The predicted octanol–water partition coefficient (Wildman–Crippen LogP) is 2.80. The Morgan fingerprint density at radius 1 is 1.31 bits per heavy atom. The number of rotatable bonds is 6. The third-order valence-corrected chi connectivity index (χ3v) is 3.40. The molecule has 0 aromatic heterocycles. The fourth-order valence-corrected chi connectivity index (χ4v) is 1.82. The average molecular weight is 285 g/mol. The monoisotopic (exact) mass is 284 g/mol. The molecule has 3 heteroatoms. The van der Waals surface area contributed by atoms with Crippen LogP contribution in [-0.4, -0.2) is 32.1 Å². The van der Waals surface area contributed by atoms with E-state index in [0.29, 0.717) is 0 Å². The smallest absolute Gasteiger partial charge is 0.0205 e. The summed E-state index contributed by atoms with van der Waals surface area (Å²) in [5, 5.41) is 3.46. The first kappa shape index (κ1) is 13.7. The van der Waals surface area contributed by atoms with Crippen molar-refractivity contribution < 1.29 is 0 Å². The maximum absolute atomic E-state index is 3.51. The van der Waals surface area contributed by atoms with Crippen LogP contribution in [0.2, 0.25) is 0 Å². The van der Waals surface area contributed by atoms with Crippen molar-refractivity contribution in [2.24, 2.45) is 0 Å². The first-order chi connectivity index (χ1) is 7.59. The molecule has 0 atom stereocenters. The minimum atomic E-state index is 0.960. The van der Waals surface area contributed by atoms with Gasteiger partial charge in [-0.3, -0.25) is 0 Å². The number of nitrogens with zero attached hydrogens (tertiary/aromatic N) is 1. The lowest BCUT2D eigenvalue weighted by atomic mass is 10.1. The Morgan fingerprint density at radius 2 is 2.06 bits per heavy atom. The fourth-order valence-electron chi connectivity index (χ4n) is 1.57. The quantitative estimate of drug-likeness (QED) is 0.809. The number of benzene rings is 1. The van der Waals surface area contributed by atoms with E-state index in [2.05, 4.69) is 65.4 Å². The van der Waals surface area contributed by atoms with Crippen LogP contribution in [0.5, 0.6) is 0 Å². The Hall–Kier alpha value is -0.380. The zero-order valence-corrected chi connectivity index (χ0v) is 12.0. The Labute approximate surface area is 107 Å². The molecule has 16 heavy (non-hydrogen) atoms. The minimum Gasteiger partial charge on any atom is -0.313 e. The molecule has 1 aromatic rings. The maximum atomic E-state index is 3.51. The Balaban J connectivity index is 2.24. The van der Waals surface area contributed by atoms with Crippen molar-refractivity contribution in [1.82, 2.24) is 10.2 Å². The fraction of sp³-hybridized carbons (Fsp3) is 0.538. The normalized spacial score (nSPS) is 11.1. The van der Waals surface area contributed by atoms with Gasteiger partial charge in [0.1, 0.15) is 0 Å². The first-order valence-corrected chi connectivity index (χ1v) is 6.49. The minimum absolute atomic E-state index is 0.960. The summed E-state index contributed by atoms with van der Waals surface area (Å²) in [6, 6.07) is 6.51. The van der Waals surface area contributed by atoms with E-state index >= 15 is 0 Å². The third-order valence-electron chi connectivity index (χ3n) is 2.51. The van der Waals surface area contributed by atoms with Crippen LogP contribution >= 0.6 is 15.9 Å². The molecule has 0 radical (unpaired) electrons. The van der Waals surface area contributed by atoms with Crippen molar-refractivity contribution in [1.29, 1.82) is 0 Å². The molecule has 0 spiro atoms. The van der Waals surface area contributed by atoms with Gasteiger partial charge in [-0.25, -0.2) is 0 Å². The molecule has 1 rings (SSSR count). The second kappa shape index (κ2) is 7.05. The summed E-state index contributed by atoms with van der Waals surface area (Å²) in [6.45, 7) is 5.31. The second-order valence-electron chi connectivity index (χ2n) is 4.42. The van der Waals surface area contributed by atoms with Crippen LogP contribution < -0.4 is 5.32 Å². The van der Waals surface area contributed by atoms with E-state index in [4.69, 9.17) is 0 Å². The first-order valence-electron chi connectivity index (χ1n) is 5.70. The van der Waals surface area contributed by atoms with Gasteiger partial charge in [0.15, 0.2) is 0 Å². The van der Waals surface area contributed by atoms with Crippen molar-refractivity contribution in [3.05, 3.63) is 33.8 Å². The number of hydrogen-bond donors (Lipinski definition) is 1. The molecule has 90 valence electrons. The molecule has 0 saturated carbocycles. The number of nitrogens with one attached hydrogen (secondary N) is 1. The molecule has 0 fully saturated rings. The second-order valence-corrected chi connectivity index (χ2v) is 5.27. The molecule has 0 aliphatic rings. The van der Waals surface area contributed by atoms with Crippen LogP contribution in [0, 0.1) is 6.92 Å². The van der Waals surface area contributed by atoms with E-state index in [9.17, 15) is 0 Å². The molecular weight excluding hydrogens is 264 g/mol. The third kappa shape index (κ3) is 5.10. The van der Waals surface area contributed by atoms with E-state index < -0.39 is 0 Å². The zero-order chi connectivity index (χ0) is 12.0. The van der Waals surface area contributed by atoms with Gasteiger partial charge in [-0.05, 0) is 57.7 Å². The molecule has 1 aromatic carbocycles. The van der Waals surface area contributed by atoms with Gasteiger partial charge in [0, 0.05) is 11.0 Å². The van der Waals surface area contributed by atoms with Gasteiger partial charge < -0.3 is 10.2 Å². The Morgan fingerprint density at radius 3 is 2.69 bits per heavy atom. The summed E-state index contributed by atoms with van der Waals surface area (Å²) in [7, 11) is 4.22. The van der Waals surface area contributed by atoms with Gasteiger partial charge in [0.2, 0.25) is 0 Å². The number of aryl methyl sites for hydroxylation is 1. The van der Waals surface area contributed by atoms with E-state index in [-0.39, 0.29) is 0 Å². The molecular formula is C13H21BrN2. The highest BCUT2D eigenvalue weighted by molar-refractivity contribution is 9.10. The predicted molar refractivity (Wildman–Crippen MR) is 73.8 cm³/mol. The highest BCUT2D eigenvalue weighted by atomic mass is 79.9. The van der Waals surface area contributed by atoms with Crippen LogP contribution in [0.1, 0.15) is 17.5 Å². The average Bonchev–Trinajstić information content (AvgIpc) is 2.22. The standard InChI is InChI=1S/C13H21BrN2/c1-11-9-12(5-6-13(11)14)10-15-7-4-8-16(2)3/h5-6,9,15H,4,7-8,10H2,1-3H3. The van der Waals surface area contributed by atoms with Gasteiger partial charge in [-0.2, -0.15) is 0 Å². The summed E-state index contributed by atoms with van der Waals surface area (Å²) < 4.78 is 1.18. The number of hydrogen-bond acceptors (Lipinski definition) is 2. The van der Waals surface area contributed by atoms with Crippen LogP contribution in [-0.2, 0) is 6.54 Å².